The van der Waals surface area contributed by atoms with E-state index in [1.807, 2.05) is 73.5 Å². The third kappa shape index (κ3) is 4.46. The number of amides is 1. The Morgan fingerprint density at radius 3 is 2.62 bits per heavy atom. The number of nitrogens with one attached hydrogen (secondary N) is 1. The van der Waals surface area contributed by atoms with Crippen LogP contribution in [0.3, 0.4) is 0 Å². The number of nitrogens with zero attached hydrogens (tertiary/aromatic N) is 7. The molecule has 0 saturated carbocycles. The number of aryl methyl sites for hydroxylation is 1. The van der Waals surface area contributed by atoms with Crippen LogP contribution in [0.4, 0.5) is 11.5 Å². The second-order valence-electron chi connectivity index (χ2n) is 7.07. The fraction of sp³-hybridized carbons (Fsp3) is 0.143. The smallest absolute Gasteiger partial charge is 0.293 e. The van der Waals surface area contributed by atoms with Crippen molar-refractivity contribution in [3.63, 3.8) is 0 Å². The minimum absolute atomic E-state index is 0.0304. The van der Waals surface area contributed by atoms with Gasteiger partial charge in [0.05, 0.1) is 18.5 Å². The summed E-state index contributed by atoms with van der Waals surface area (Å²) in [5, 5.41) is 19.5. The molecule has 1 amide bonds. The Kier molecular flexibility index (Phi) is 5.88. The van der Waals surface area contributed by atoms with Crippen molar-refractivity contribution in [2.75, 3.05) is 17.7 Å². The maximum absolute atomic E-state index is 12.8. The summed E-state index contributed by atoms with van der Waals surface area (Å²) in [7, 11) is 1.88. The molecule has 0 aliphatic heterocycles. The predicted molar refractivity (Wildman–Crippen MR) is 118 cm³/mol. The number of para-hydroxylation sites is 1. The first-order valence-electron chi connectivity index (χ1n) is 9.72. The van der Waals surface area contributed by atoms with Crippen LogP contribution in [0, 0.1) is 6.92 Å². The molecule has 2 aromatic carbocycles. The minimum atomic E-state index is -0.522. The summed E-state index contributed by atoms with van der Waals surface area (Å²) >= 11 is 0. The number of hydrogen-bond acceptors (Lipinski definition) is 9. The molecule has 32 heavy (non-hydrogen) atoms. The second kappa shape index (κ2) is 9.08. The summed E-state index contributed by atoms with van der Waals surface area (Å²) in [6.07, 6.45) is 1.55. The van der Waals surface area contributed by atoms with Crippen molar-refractivity contribution < 1.29 is 9.42 Å². The van der Waals surface area contributed by atoms with Crippen LogP contribution in [0.5, 0.6) is 0 Å². The highest BCUT2D eigenvalue weighted by atomic mass is 16.6. The van der Waals surface area contributed by atoms with E-state index in [1.165, 1.54) is 4.68 Å². The summed E-state index contributed by atoms with van der Waals surface area (Å²) in [6.45, 7) is 2.28. The van der Waals surface area contributed by atoms with Crippen molar-refractivity contribution in [2.24, 2.45) is 5.10 Å². The average molecular weight is 431 g/mol. The number of nitrogens with two attached hydrogens (primary N) is 1. The van der Waals surface area contributed by atoms with Gasteiger partial charge >= 0.3 is 0 Å². The van der Waals surface area contributed by atoms with Gasteiger partial charge in [-0.3, -0.25) is 4.79 Å². The van der Waals surface area contributed by atoms with Crippen molar-refractivity contribution in [1.29, 1.82) is 0 Å². The van der Waals surface area contributed by atoms with Crippen LogP contribution in [0.25, 0.3) is 5.82 Å². The normalized spacial score (nSPS) is 11.1. The summed E-state index contributed by atoms with van der Waals surface area (Å²) in [4.78, 5) is 14.8. The van der Waals surface area contributed by atoms with Gasteiger partial charge in [-0.05, 0) is 34.9 Å². The van der Waals surface area contributed by atoms with E-state index in [9.17, 15) is 4.79 Å². The molecule has 11 nitrogen and oxygen atoms in total. The molecular weight excluding hydrogens is 410 g/mol. The number of benzene rings is 2. The molecule has 0 radical (unpaired) electrons. The maximum atomic E-state index is 12.8. The lowest BCUT2D eigenvalue weighted by Gasteiger charge is -2.19. The van der Waals surface area contributed by atoms with Crippen LogP contribution in [0.2, 0.25) is 0 Å². The molecule has 2 heterocycles. The quantitative estimate of drug-likeness (QED) is 0.334. The first-order chi connectivity index (χ1) is 15.5. The van der Waals surface area contributed by atoms with Crippen LogP contribution in [-0.4, -0.2) is 44.5 Å². The van der Waals surface area contributed by atoms with Crippen molar-refractivity contribution in [3.8, 4) is 5.82 Å². The Bertz CT molecular complexity index is 1230. The highest BCUT2D eigenvalue weighted by molar-refractivity contribution is 5.94. The summed E-state index contributed by atoms with van der Waals surface area (Å²) in [6, 6.07) is 17.4. The molecule has 4 aromatic rings. The van der Waals surface area contributed by atoms with Crippen LogP contribution in [0.15, 0.2) is 64.3 Å². The molecule has 2 aromatic heterocycles. The van der Waals surface area contributed by atoms with Crippen LogP contribution >= 0.6 is 0 Å². The van der Waals surface area contributed by atoms with Gasteiger partial charge in [-0.15, -0.1) is 5.10 Å². The number of rotatable bonds is 7. The molecule has 0 unspecified atom stereocenters. The molecule has 0 bridgehead atoms. The zero-order chi connectivity index (χ0) is 22.5. The lowest BCUT2D eigenvalue weighted by molar-refractivity contribution is 0.0949. The van der Waals surface area contributed by atoms with Crippen molar-refractivity contribution in [2.45, 2.75) is 13.5 Å². The molecule has 0 saturated heterocycles. The maximum Gasteiger partial charge on any atom is 0.293 e. The second-order valence-corrected chi connectivity index (χ2v) is 7.07. The fourth-order valence-electron chi connectivity index (χ4n) is 3.00. The van der Waals surface area contributed by atoms with E-state index in [4.69, 9.17) is 5.73 Å². The molecule has 0 fully saturated rings. The third-order valence-electron chi connectivity index (χ3n) is 4.72. The van der Waals surface area contributed by atoms with Crippen molar-refractivity contribution >= 4 is 23.6 Å². The molecular formula is C21H21N9O2. The van der Waals surface area contributed by atoms with Crippen molar-refractivity contribution in [1.82, 2.24) is 30.7 Å². The van der Waals surface area contributed by atoms with Crippen LogP contribution in [0.1, 0.15) is 27.3 Å². The summed E-state index contributed by atoms with van der Waals surface area (Å²) < 4.78 is 6.02. The van der Waals surface area contributed by atoms with Gasteiger partial charge in [0.2, 0.25) is 11.6 Å². The predicted octanol–water partition coefficient (Wildman–Crippen LogP) is 1.94. The van der Waals surface area contributed by atoms with Gasteiger partial charge in [-0.1, -0.05) is 53.2 Å². The van der Waals surface area contributed by atoms with Gasteiger partial charge in [0.25, 0.3) is 5.91 Å². The largest absolute Gasteiger partial charge is 0.378 e. The Labute approximate surface area is 183 Å². The van der Waals surface area contributed by atoms with Gasteiger partial charge in [-0.25, -0.2) is 10.1 Å². The van der Waals surface area contributed by atoms with E-state index in [0.717, 1.165) is 16.8 Å². The van der Waals surface area contributed by atoms with Gasteiger partial charge < -0.3 is 10.6 Å². The SMILES string of the molecule is Cc1ccc(C=NNC(=O)c2nnn(-c3nonc3N)c2CN(C)c2ccccc2)cc1. The van der Waals surface area contributed by atoms with Gasteiger partial charge in [0, 0.05) is 12.7 Å². The van der Waals surface area contributed by atoms with E-state index in [1.54, 1.807) is 6.21 Å². The lowest BCUT2D eigenvalue weighted by atomic mass is 10.2. The molecule has 3 N–H and O–H groups in total. The van der Waals surface area contributed by atoms with E-state index in [-0.39, 0.29) is 23.9 Å². The van der Waals surface area contributed by atoms with E-state index < -0.39 is 5.91 Å². The average Bonchev–Trinajstić information content (AvgIpc) is 3.41. The zero-order valence-electron chi connectivity index (χ0n) is 17.5. The Balaban J connectivity index is 1.61. The highest BCUT2D eigenvalue weighted by Gasteiger charge is 2.25. The number of aromatic nitrogens is 5. The Morgan fingerprint density at radius 1 is 1.19 bits per heavy atom. The molecule has 0 aliphatic carbocycles. The van der Waals surface area contributed by atoms with Crippen LogP contribution in [-0.2, 0) is 6.54 Å². The monoisotopic (exact) mass is 431 g/mol. The number of hydrazone groups is 1. The first kappa shape index (κ1) is 20.7. The van der Waals surface area contributed by atoms with E-state index in [2.05, 4.69) is 35.8 Å². The van der Waals surface area contributed by atoms with E-state index in [0.29, 0.717) is 5.69 Å². The Hall–Kier alpha value is -4.54. The third-order valence-corrected chi connectivity index (χ3v) is 4.72. The topological polar surface area (TPSA) is 140 Å². The standard InChI is InChI=1S/C21H21N9O2/c1-14-8-10-15(11-9-14)12-23-25-21(31)18-17(13-29(2)16-6-4-3-5-7-16)30(28-24-18)20-19(22)26-32-27-20/h3-12H,13H2,1-2H3,(H2,22,26)(H,25,31). The van der Waals surface area contributed by atoms with Crippen LogP contribution < -0.4 is 16.1 Å². The van der Waals surface area contributed by atoms with Gasteiger partial charge in [0.15, 0.2) is 5.69 Å². The number of hydrogen-bond donors (Lipinski definition) is 2. The fourth-order valence-corrected chi connectivity index (χ4v) is 3.00. The lowest BCUT2D eigenvalue weighted by Crippen LogP contribution is -2.24. The Morgan fingerprint density at radius 2 is 1.94 bits per heavy atom. The summed E-state index contributed by atoms with van der Waals surface area (Å²) in [5.74, 6) is -0.342. The van der Waals surface area contributed by atoms with Gasteiger partial charge in [0.1, 0.15) is 0 Å². The molecule has 4 rings (SSSR count). The highest BCUT2D eigenvalue weighted by Crippen LogP contribution is 2.20. The molecule has 0 atom stereocenters. The number of nitrogen functional groups attached to an aromatic ring is 1. The number of anilines is 2. The zero-order valence-corrected chi connectivity index (χ0v) is 17.5. The first-order valence-corrected chi connectivity index (χ1v) is 9.72. The molecule has 162 valence electrons. The number of carbonyl (C=O) groups excluding carboxylic acids is 1. The molecule has 0 spiro atoms. The minimum Gasteiger partial charge on any atom is -0.378 e. The van der Waals surface area contributed by atoms with E-state index >= 15 is 0 Å². The van der Waals surface area contributed by atoms with Crippen molar-refractivity contribution in [3.05, 3.63) is 77.1 Å². The van der Waals surface area contributed by atoms with Gasteiger partial charge in [-0.2, -0.15) is 9.78 Å². The molecule has 11 heteroatoms. The molecule has 0 aliphatic rings. The summed E-state index contributed by atoms with van der Waals surface area (Å²) in [5.41, 5.74) is 11.8. The number of carbonyl (C=O) groups is 1.